The summed E-state index contributed by atoms with van der Waals surface area (Å²) >= 11 is 5.64. The van der Waals surface area contributed by atoms with Gasteiger partial charge in [0.25, 0.3) is 0 Å². The molecule has 0 atom stereocenters. The van der Waals surface area contributed by atoms with Crippen molar-refractivity contribution >= 4 is 27.6 Å². The Balaban J connectivity index is 3.15. The summed E-state index contributed by atoms with van der Waals surface area (Å²) < 4.78 is 54.2. The van der Waals surface area contributed by atoms with Gasteiger partial charge in [-0.3, -0.25) is 0 Å². The first-order chi connectivity index (χ1) is 9.70. The van der Waals surface area contributed by atoms with Crippen LogP contribution in [0.1, 0.15) is 36.5 Å². The number of unbranched alkanes of at least 4 members (excludes halogenated alkanes) is 2. The predicted octanol–water partition coefficient (Wildman–Crippen LogP) is 2.61. The summed E-state index contributed by atoms with van der Waals surface area (Å²) in [7, 11) is -4.63. The average molecular weight is 342 g/mol. The lowest BCUT2D eigenvalue weighted by atomic mass is 10.2. The number of ether oxygens (including phenoxy) is 1. The van der Waals surface area contributed by atoms with Gasteiger partial charge in [-0.15, -0.1) is 0 Å². The summed E-state index contributed by atoms with van der Waals surface area (Å²) in [4.78, 5) is 10.5. The van der Waals surface area contributed by atoms with Gasteiger partial charge in [0, 0.05) is 0 Å². The Bertz CT molecular complexity index is 649. The van der Waals surface area contributed by atoms with Gasteiger partial charge in [0.1, 0.15) is 4.90 Å². The van der Waals surface area contributed by atoms with Gasteiger partial charge in [-0.05, 0) is 12.5 Å². The zero-order valence-corrected chi connectivity index (χ0v) is 12.7. The fraction of sp³-hybridized carbons (Fsp3) is 0.417. The third-order valence-electron chi connectivity index (χ3n) is 2.60. The molecule has 0 spiro atoms. The van der Waals surface area contributed by atoms with Gasteiger partial charge in [-0.1, -0.05) is 31.4 Å². The van der Waals surface area contributed by atoms with E-state index in [0.29, 0.717) is 12.5 Å². The molecule has 1 aromatic carbocycles. The van der Waals surface area contributed by atoms with Crippen LogP contribution in [0.15, 0.2) is 11.0 Å². The normalized spacial score (nSPS) is 11.5. The Morgan fingerprint density at radius 3 is 2.52 bits per heavy atom. The minimum atomic E-state index is -4.63. The first kappa shape index (κ1) is 17.8. The Morgan fingerprint density at radius 2 is 2.00 bits per heavy atom. The van der Waals surface area contributed by atoms with Crippen molar-refractivity contribution in [3.8, 4) is 0 Å². The lowest BCUT2D eigenvalue weighted by Crippen LogP contribution is -2.18. The molecule has 5 nitrogen and oxygen atoms in total. The molecular weight excluding hydrogens is 328 g/mol. The van der Waals surface area contributed by atoms with Gasteiger partial charge in [0.05, 0.1) is 17.2 Å². The number of halogens is 3. The van der Waals surface area contributed by atoms with Crippen LogP contribution in [0.5, 0.6) is 0 Å². The third kappa shape index (κ3) is 4.36. The van der Waals surface area contributed by atoms with Crippen molar-refractivity contribution in [1.29, 1.82) is 0 Å². The van der Waals surface area contributed by atoms with Crippen LogP contribution in [-0.2, 0) is 14.8 Å². The van der Waals surface area contributed by atoms with Crippen molar-refractivity contribution in [2.24, 2.45) is 5.14 Å². The molecule has 0 aromatic heterocycles. The number of hydrogen-bond acceptors (Lipinski definition) is 4. The molecule has 0 saturated heterocycles. The SMILES string of the molecule is CCCCCOC(=O)c1cc(F)c(F)c(S(N)(=O)=O)c1Cl. The molecule has 1 aromatic rings. The standard InChI is InChI=1S/C12H14ClF2NO4S/c1-2-3-4-5-20-12(17)7-6-8(14)10(15)11(9(7)13)21(16,18)19/h6H,2-5H2,1H3,(H2,16,18,19). The Kier molecular flexibility index (Phi) is 6.06. The van der Waals surface area contributed by atoms with Gasteiger partial charge in [0.15, 0.2) is 11.6 Å². The molecule has 0 radical (unpaired) electrons. The predicted molar refractivity (Wildman–Crippen MR) is 72.5 cm³/mol. The van der Waals surface area contributed by atoms with Crippen LogP contribution in [0, 0.1) is 11.6 Å². The van der Waals surface area contributed by atoms with Crippen LogP contribution in [-0.4, -0.2) is 21.0 Å². The van der Waals surface area contributed by atoms with E-state index in [1.807, 2.05) is 6.92 Å². The van der Waals surface area contributed by atoms with Crippen molar-refractivity contribution in [2.75, 3.05) is 6.61 Å². The second-order valence-corrected chi connectivity index (χ2v) is 6.13. The minimum absolute atomic E-state index is 0.0622. The summed E-state index contributed by atoms with van der Waals surface area (Å²) in [5, 5.41) is 3.97. The smallest absolute Gasteiger partial charge is 0.339 e. The lowest BCUT2D eigenvalue weighted by molar-refractivity contribution is 0.0497. The van der Waals surface area contributed by atoms with E-state index in [-0.39, 0.29) is 6.61 Å². The number of benzene rings is 1. The van der Waals surface area contributed by atoms with Gasteiger partial charge >= 0.3 is 5.97 Å². The number of carbonyl (C=O) groups is 1. The molecule has 0 fully saturated rings. The zero-order valence-electron chi connectivity index (χ0n) is 11.2. The fourth-order valence-corrected chi connectivity index (χ4v) is 2.82. The van der Waals surface area contributed by atoms with Crippen LogP contribution in [0.4, 0.5) is 8.78 Å². The molecular formula is C12H14ClF2NO4S. The summed E-state index contributed by atoms with van der Waals surface area (Å²) in [6, 6.07) is 0.481. The van der Waals surface area contributed by atoms with Crippen LogP contribution in [0.2, 0.25) is 5.02 Å². The molecule has 0 aliphatic heterocycles. The van der Waals surface area contributed by atoms with E-state index in [2.05, 4.69) is 0 Å². The number of esters is 1. The van der Waals surface area contributed by atoms with Gasteiger partial charge in [-0.25, -0.2) is 27.1 Å². The molecule has 0 aliphatic rings. The molecule has 21 heavy (non-hydrogen) atoms. The highest BCUT2D eigenvalue weighted by atomic mass is 35.5. The van der Waals surface area contributed by atoms with Crippen molar-refractivity contribution in [3.05, 3.63) is 28.3 Å². The highest BCUT2D eigenvalue weighted by Gasteiger charge is 2.28. The van der Waals surface area contributed by atoms with Gasteiger partial charge in [0.2, 0.25) is 10.0 Å². The van der Waals surface area contributed by atoms with Crippen LogP contribution in [0.3, 0.4) is 0 Å². The molecule has 0 amide bonds. The maximum absolute atomic E-state index is 13.5. The zero-order chi connectivity index (χ0) is 16.2. The molecule has 0 saturated carbocycles. The highest BCUT2D eigenvalue weighted by Crippen LogP contribution is 2.30. The Labute approximate surface area is 126 Å². The van der Waals surface area contributed by atoms with Gasteiger partial charge in [-0.2, -0.15) is 0 Å². The first-order valence-electron chi connectivity index (χ1n) is 6.07. The largest absolute Gasteiger partial charge is 0.462 e. The quantitative estimate of drug-likeness (QED) is 0.489. The van der Waals surface area contributed by atoms with E-state index >= 15 is 0 Å². The summed E-state index contributed by atoms with van der Waals surface area (Å²) in [6.45, 7) is 2.01. The number of hydrogen-bond donors (Lipinski definition) is 1. The van der Waals surface area contributed by atoms with Crippen LogP contribution in [0.25, 0.3) is 0 Å². The maximum atomic E-state index is 13.5. The Morgan fingerprint density at radius 1 is 1.38 bits per heavy atom. The number of carbonyl (C=O) groups excluding carboxylic acids is 1. The summed E-state index contributed by atoms with van der Waals surface area (Å²) in [5.74, 6) is -4.33. The summed E-state index contributed by atoms with van der Waals surface area (Å²) in [6.07, 6.45) is 2.31. The first-order valence-corrected chi connectivity index (χ1v) is 8.00. The van der Waals surface area contributed by atoms with Crippen molar-refractivity contribution in [3.63, 3.8) is 0 Å². The van der Waals surface area contributed by atoms with E-state index in [1.165, 1.54) is 0 Å². The molecule has 118 valence electrons. The second-order valence-electron chi connectivity index (χ2n) is 4.25. The summed E-state index contributed by atoms with van der Waals surface area (Å²) in [5.41, 5.74) is -0.587. The molecule has 2 N–H and O–H groups in total. The van der Waals surface area contributed by atoms with Gasteiger partial charge < -0.3 is 4.74 Å². The third-order valence-corrected chi connectivity index (χ3v) is 4.06. The van der Waals surface area contributed by atoms with E-state index in [0.717, 1.165) is 12.8 Å². The van der Waals surface area contributed by atoms with E-state index in [1.54, 1.807) is 0 Å². The average Bonchev–Trinajstić information content (AvgIpc) is 2.37. The molecule has 0 bridgehead atoms. The number of nitrogens with two attached hydrogens (primary N) is 1. The van der Waals surface area contributed by atoms with E-state index in [4.69, 9.17) is 21.5 Å². The highest BCUT2D eigenvalue weighted by molar-refractivity contribution is 7.89. The molecule has 1 rings (SSSR count). The Hall–Kier alpha value is -1.25. The van der Waals surface area contributed by atoms with Crippen molar-refractivity contribution in [1.82, 2.24) is 0 Å². The fourth-order valence-electron chi connectivity index (χ4n) is 1.57. The molecule has 0 unspecified atom stereocenters. The van der Waals surface area contributed by atoms with E-state index < -0.39 is 43.1 Å². The second kappa shape index (κ2) is 7.15. The van der Waals surface area contributed by atoms with Crippen molar-refractivity contribution < 1.29 is 26.7 Å². The maximum Gasteiger partial charge on any atom is 0.339 e. The minimum Gasteiger partial charge on any atom is -0.462 e. The molecule has 0 heterocycles. The monoisotopic (exact) mass is 341 g/mol. The van der Waals surface area contributed by atoms with Crippen LogP contribution >= 0.6 is 11.6 Å². The number of primary sulfonamides is 1. The number of sulfonamides is 1. The van der Waals surface area contributed by atoms with Crippen LogP contribution < -0.4 is 5.14 Å². The van der Waals surface area contributed by atoms with Crippen molar-refractivity contribution in [2.45, 2.75) is 31.1 Å². The lowest BCUT2D eigenvalue weighted by Gasteiger charge is -2.10. The molecule has 9 heteroatoms. The molecule has 0 aliphatic carbocycles. The van der Waals surface area contributed by atoms with E-state index in [9.17, 15) is 22.0 Å². The number of rotatable bonds is 6. The topological polar surface area (TPSA) is 86.5 Å².